The molecule has 2 fully saturated rings. The van der Waals surface area contributed by atoms with Crippen LogP contribution < -0.4 is 10.1 Å². The lowest BCUT2D eigenvalue weighted by Crippen LogP contribution is -2.39. The number of carbonyl (C=O) groups is 1. The minimum Gasteiger partial charge on any atom is -0.497 e. The first-order valence-electron chi connectivity index (χ1n) is 9.53. The predicted molar refractivity (Wildman–Crippen MR) is 107 cm³/mol. The monoisotopic (exact) mass is 383 g/mol. The van der Waals surface area contributed by atoms with Crippen LogP contribution >= 0.6 is 11.8 Å². The second kappa shape index (κ2) is 7.89. The molecule has 0 saturated heterocycles. The lowest BCUT2D eigenvalue weighted by Gasteiger charge is -2.22. The average Bonchev–Trinajstić information content (AvgIpc) is 3.29. The van der Waals surface area contributed by atoms with Crippen LogP contribution in [0.1, 0.15) is 31.4 Å². The van der Waals surface area contributed by atoms with E-state index in [0.717, 1.165) is 35.0 Å². The summed E-state index contributed by atoms with van der Waals surface area (Å²) in [5, 5.41) is 3.87. The van der Waals surface area contributed by atoms with Gasteiger partial charge < -0.3 is 10.1 Å². The lowest BCUT2D eigenvalue weighted by atomic mass is 9.95. The van der Waals surface area contributed by atoms with E-state index in [1.54, 1.807) is 7.11 Å². The average molecular weight is 384 g/mol. The number of aromatic nitrogens is 2. The Hall–Kier alpha value is -2.08. The highest BCUT2D eigenvalue weighted by molar-refractivity contribution is 7.99. The van der Waals surface area contributed by atoms with E-state index < -0.39 is 0 Å². The van der Waals surface area contributed by atoms with Gasteiger partial charge in [0.1, 0.15) is 5.75 Å². The minimum absolute atomic E-state index is 0.0913. The van der Waals surface area contributed by atoms with Gasteiger partial charge in [-0.05, 0) is 68.4 Å². The molecule has 0 aliphatic heterocycles. The third kappa shape index (κ3) is 4.26. The maximum absolute atomic E-state index is 12.4. The SMILES string of the molecule is COc1ccc(-c2cc(C)nc(SCC(=O)N[C@H]3C[C@H]4CC[C@H]3C4)n2)cc1. The summed E-state index contributed by atoms with van der Waals surface area (Å²) in [5.74, 6) is 2.80. The molecule has 2 aromatic rings. The zero-order valence-corrected chi connectivity index (χ0v) is 16.6. The smallest absolute Gasteiger partial charge is 0.230 e. The van der Waals surface area contributed by atoms with E-state index in [9.17, 15) is 4.79 Å². The van der Waals surface area contributed by atoms with Crippen molar-refractivity contribution in [2.75, 3.05) is 12.9 Å². The first kappa shape index (κ1) is 18.3. The highest BCUT2D eigenvalue weighted by Crippen LogP contribution is 2.44. The summed E-state index contributed by atoms with van der Waals surface area (Å²) >= 11 is 1.40. The second-order valence-corrected chi connectivity index (χ2v) is 8.49. The molecule has 1 N–H and O–H groups in total. The van der Waals surface area contributed by atoms with Crippen LogP contribution in [-0.4, -0.2) is 34.8 Å². The summed E-state index contributed by atoms with van der Waals surface area (Å²) in [5.41, 5.74) is 2.77. The number of thioether (sulfide) groups is 1. The molecule has 1 amide bonds. The molecule has 142 valence electrons. The van der Waals surface area contributed by atoms with Crippen molar-refractivity contribution in [1.29, 1.82) is 0 Å². The van der Waals surface area contributed by atoms with Crippen LogP contribution in [0.4, 0.5) is 0 Å². The number of hydrogen-bond acceptors (Lipinski definition) is 5. The van der Waals surface area contributed by atoms with Crippen LogP contribution in [0.5, 0.6) is 5.75 Å². The summed E-state index contributed by atoms with van der Waals surface area (Å²) in [6, 6.07) is 10.1. The van der Waals surface area contributed by atoms with Gasteiger partial charge in [-0.2, -0.15) is 0 Å². The normalized spacial score (nSPS) is 23.4. The van der Waals surface area contributed by atoms with E-state index in [1.165, 1.54) is 31.0 Å². The van der Waals surface area contributed by atoms with Crippen LogP contribution in [0, 0.1) is 18.8 Å². The number of rotatable bonds is 6. The fraction of sp³-hybridized carbons (Fsp3) is 0.476. The number of aryl methyl sites for hydroxylation is 1. The molecule has 6 heteroatoms. The van der Waals surface area contributed by atoms with E-state index in [0.29, 0.717) is 22.9 Å². The molecule has 0 radical (unpaired) electrons. The summed E-state index contributed by atoms with van der Waals surface area (Å²) in [4.78, 5) is 21.5. The van der Waals surface area contributed by atoms with Crippen LogP contribution in [0.15, 0.2) is 35.5 Å². The quantitative estimate of drug-likeness (QED) is 0.606. The van der Waals surface area contributed by atoms with Crippen LogP contribution in [0.3, 0.4) is 0 Å². The van der Waals surface area contributed by atoms with Gasteiger partial charge in [-0.1, -0.05) is 18.2 Å². The maximum atomic E-state index is 12.4. The molecule has 0 spiro atoms. The minimum atomic E-state index is 0.0913. The summed E-state index contributed by atoms with van der Waals surface area (Å²) in [6.07, 6.45) is 5.07. The molecule has 5 nitrogen and oxygen atoms in total. The Morgan fingerprint density at radius 1 is 1.22 bits per heavy atom. The Labute approximate surface area is 164 Å². The zero-order chi connectivity index (χ0) is 18.8. The van der Waals surface area contributed by atoms with Crippen molar-refractivity contribution in [3.05, 3.63) is 36.0 Å². The Bertz CT molecular complexity index is 825. The highest BCUT2D eigenvalue weighted by Gasteiger charge is 2.39. The van der Waals surface area contributed by atoms with Gasteiger partial charge in [0, 0.05) is 17.3 Å². The summed E-state index contributed by atoms with van der Waals surface area (Å²) < 4.78 is 5.21. The number of nitrogens with one attached hydrogen (secondary N) is 1. The Kier molecular flexibility index (Phi) is 5.34. The van der Waals surface area contributed by atoms with Crippen molar-refractivity contribution in [3.8, 4) is 17.0 Å². The van der Waals surface area contributed by atoms with Crippen molar-refractivity contribution in [2.45, 2.75) is 43.8 Å². The van der Waals surface area contributed by atoms with Gasteiger partial charge >= 0.3 is 0 Å². The standard InChI is InChI=1S/C21H25N3O2S/c1-13-9-18(15-5-7-17(26-2)8-6-15)24-21(22-13)27-12-20(25)23-19-11-14-3-4-16(19)10-14/h5-9,14,16,19H,3-4,10-12H2,1-2H3,(H,23,25)/t14-,16-,19-/m0/s1. The Morgan fingerprint density at radius 2 is 2.04 bits per heavy atom. The number of carbonyl (C=O) groups excluding carboxylic acids is 1. The number of fused-ring (bicyclic) bond motifs is 2. The summed E-state index contributed by atoms with van der Waals surface area (Å²) in [6.45, 7) is 1.95. The molecular weight excluding hydrogens is 358 g/mol. The third-order valence-corrected chi connectivity index (χ3v) is 6.48. The molecule has 2 saturated carbocycles. The van der Waals surface area contributed by atoms with Crippen molar-refractivity contribution < 1.29 is 9.53 Å². The highest BCUT2D eigenvalue weighted by atomic mass is 32.2. The molecule has 4 rings (SSSR count). The number of amides is 1. The number of hydrogen-bond donors (Lipinski definition) is 1. The molecule has 2 aliphatic rings. The molecule has 1 aromatic heterocycles. The van der Waals surface area contributed by atoms with E-state index >= 15 is 0 Å². The maximum Gasteiger partial charge on any atom is 0.230 e. The van der Waals surface area contributed by atoms with E-state index in [2.05, 4.69) is 15.3 Å². The molecule has 1 aromatic carbocycles. The largest absolute Gasteiger partial charge is 0.497 e. The van der Waals surface area contributed by atoms with Gasteiger partial charge in [-0.15, -0.1) is 0 Å². The molecule has 0 unspecified atom stereocenters. The first-order chi connectivity index (χ1) is 13.1. The number of benzene rings is 1. The number of nitrogens with zero attached hydrogens (tertiary/aromatic N) is 2. The van der Waals surface area contributed by atoms with Gasteiger partial charge in [0.05, 0.1) is 18.6 Å². The van der Waals surface area contributed by atoms with Gasteiger partial charge in [0.2, 0.25) is 5.91 Å². The zero-order valence-electron chi connectivity index (χ0n) is 15.8. The first-order valence-corrected chi connectivity index (χ1v) is 10.5. The predicted octanol–water partition coefficient (Wildman–Crippen LogP) is 3.86. The molecule has 27 heavy (non-hydrogen) atoms. The van der Waals surface area contributed by atoms with Crippen LogP contribution in [0.25, 0.3) is 11.3 Å². The van der Waals surface area contributed by atoms with Gasteiger partial charge in [-0.3, -0.25) is 4.79 Å². The number of methoxy groups -OCH3 is 1. The fourth-order valence-electron chi connectivity index (χ4n) is 4.32. The Balaban J connectivity index is 1.38. The molecule has 3 atom stereocenters. The Morgan fingerprint density at radius 3 is 2.70 bits per heavy atom. The van der Waals surface area contributed by atoms with E-state index in [1.807, 2.05) is 37.3 Å². The molecule has 2 bridgehead atoms. The number of ether oxygens (including phenoxy) is 1. The van der Waals surface area contributed by atoms with Gasteiger partial charge in [-0.25, -0.2) is 9.97 Å². The fourth-order valence-corrected chi connectivity index (χ4v) is 5.03. The third-order valence-electron chi connectivity index (χ3n) is 5.64. The topological polar surface area (TPSA) is 64.1 Å². The molecule has 2 aliphatic carbocycles. The lowest BCUT2D eigenvalue weighted by molar-refractivity contribution is -0.119. The van der Waals surface area contributed by atoms with Gasteiger partial charge in [0.15, 0.2) is 5.16 Å². The van der Waals surface area contributed by atoms with Crippen molar-refractivity contribution in [1.82, 2.24) is 15.3 Å². The van der Waals surface area contributed by atoms with Crippen molar-refractivity contribution in [3.63, 3.8) is 0 Å². The van der Waals surface area contributed by atoms with Crippen molar-refractivity contribution >= 4 is 17.7 Å². The summed E-state index contributed by atoms with van der Waals surface area (Å²) in [7, 11) is 1.65. The van der Waals surface area contributed by atoms with Crippen molar-refractivity contribution in [2.24, 2.45) is 11.8 Å². The van der Waals surface area contributed by atoms with Crippen LogP contribution in [0.2, 0.25) is 0 Å². The van der Waals surface area contributed by atoms with Gasteiger partial charge in [0.25, 0.3) is 0 Å². The second-order valence-electron chi connectivity index (χ2n) is 7.54. The molecule has 1 heterocycles. The van der Waals surface area contributed by atoms with E-state index in [4.69, 9.17) is 4.74 Å². The van der Waals surface area contributed by atoms with E-state index in [-0.39, 0.29) is 5.91 Å². The van der Waals surface area contributed by atoms with Crippen LogP contribution in [-0.2, 0) is 4.79 Å². The molecular formula is C21H25N3O2S.